The Balaban J connectivity index is 2.34. The van der Waals surface area contributed by atoms with Gasteiger partial charge in [-0.15, -0.1) is 0 Å². The molecule has 2 rings (SSSR count). The Kier molecular flexibility index (Phi) is 4.43. The van der Waals surface area contributed by atoms with Crippen LogP contribution in [0.5, 0.6) is 0 Å². The van der Waals surface area contributed by atoms with Crippen molar-refractivity contribution in [3.05, 3.63) is 40.6 Å². The molecule has 6 heteroatoms. The molecule has 1 heterocycles. The van der Waals surface area contributed by atoms with E-state index >= 15 is 0 Å². The van der Waals surface area contributed by atoms with E-state index in [0.29, 0.717) is 11.0 Å². The van der Waals surface area contributed by atoms with E-state index in [1.807, 2.05) is 33.8 Å². The molecule has 22 heavy (non-hydrogen) atoms. The van der Waals surface area contributed by atoms with E-state index in [0.717, 1.165) is 6.07 Å². The zero-order chi connectivity index (χ0) is 16.5. The van der Waals surface area contributed by atoms with E-state index in [9.17, 15) is 9.50 Å². The van der Waals surface area contributed by atoms with E-state index in [4.69, 9.17) is 14.6 Å². The Labute approximate surface area is 130 Å². The van der Waals surface area contributed by atoms with Crippen LogP contribution in [0.2, 0.25) is 0 Å². The van der Waals surface area contributed by atoms with Crippen molar-refractivity contribution in [3.8, 4) is 6.07 Å². The number of aliphatic hydroxyl groups is 1. The lowest BCUT2D eigenvalue weighted by Gasteiger charge is -2.32. The monoisotopic (exact) mass is 303 g/mol. The van der Waals surface area contributed by atoms with Crippen molar-refractivity contribution in [1.82, 2.24) is 0 Å². The molecule has 1 saturated heterocycles. The molecule has 0 bridgehead atoms. The number of halogens is 1. The van der Waals surface area contributed by atoms with Crippen LogP contribution in [0.15, 0.2) is 23.7 Å². The fourth-order valence-electron chi connectivity index (χ4n) is 2.16. The number of aliphatic hydroxyl groups excluding tert-OH is 1. The maximum absolute atomic E-state index is 13.5. The van der Waals surface area contributed by atoms with Crippen molar-refractivity contribution in [3.63, 3.8) is 0 Å². The Morgan fingerprint density at radius 1 is 1.27 bits per heavy atom. The van der Waals surface area contributed by atoms with Gasteiger partial charge in [0, 0.05) is 0 Å². The van der Waals surface area contributed by atoms with Gasteiger partial charge >= 0.3 is 7.12 Å². The van der Waals surface area contributed by atoms with Crippen LogP contribution in [0.25, 0.3) is 6.08 Å². The van der Waals surface area contributed by atoms with Crippen molar-refractivity contribution in [2.24, 2.45) is 0 Å². The molecule has 4 nitrogen and oxygen atoms in total. The highest BCUT2D eigenvalue weighted by Crippen LogP contribution is 2.38. The minimum absolute atomic E-state index is 0.220. The average Bonchev–Trinajstić information content (AvgIpc) is 2.64. The minimum Gasteiger partial charge on any atom is -0.400 e. The molecule has 0 aliphatic carbocycles. The van der Waals surface area contributed by atoms with Crippen LogP contribution in [0.1, 0.15) is 38.8 Å². The Hall–Kier alpha value is -1.68. The smallest absolute Gasteiger partial charge is 0.400 e. The first kappa shape index (κ1) is 16.7. The SMILES string of the molecule is CC1(C)OB(C(=Cc2cc(F)cc(C#N)c2)CO)OC1(C)C. The van der Waals surface area contributed by atoms with Gasteiger partial charge in [-0.1, -0.05) is 6.08 Å². The van der Waals surface area contributed by atoms with E-state index in [2.05, 4.69) is 0 Å². The Morgan fingerprint density at radius 2 is 1.86 bits per heavy atom. The quantitative estimate of drug-likeness (QED) is 0.872. The fraction of sp³-hybridized carbons (Fsp3) is 0.438. The molecule has 0 unspecified atom stereocenters. The van der Waals surface area contributed by atoms with Gasteiger partial charge in [-0.2, -0.15) is 5.26 Å². The Morgan fingerprint density at radius 3 is 2.36 bits per heavy atom. The number of benzene rings is 1. The molecule has 0 saturated carbocycles. The summed E-state index contributed by atoms with van der Waals surface area (Å²) in [6, 6.07) is 5.90. The molecule has 1 fully saturated rings. The molecular weight excluding hydrogens is 284 g/mol. The summed E-state index contributed by atoms with van der Waals surface area (Å²) in [5, 5.41) is 18.5. The molecule has 1 aromatic rings. The third kappa shape index (κ3) is 3.22. The molecule has 1 aliphatic rings. The number of nitriles is 1. The van der Waals surface area contributed by atoms with Crippen LogP contribution in [-0.2, 0) is 9.31 Å². The molecule has 0 aromatic heterocycles. The highest BCUT2D eigenvalue weighted by molar-refractivity contribution is 6.55. The molecule has 0 spiro atoms. The van der Waals surface area contributed by atoms with Gasteiger partial charge in [0.25, 0.3) is 0 Å². The normalized spacial score (nSPS) is 20.0. The predicted molar refractivity (Wildman–Crippen MR) is 82.3 cm³/mol. The maximum atomic E-state index is 13.5. The second-order valence-electron chi connectivity index (χ2n) is 6.35. The summed E-state index contributed by atoms with van der Waals surface area (Å²) >= 11 is 0. The summed E-state index contributed by atoms with van der Waals surface area (Å²) < 4.78 is 25.2. The predicted octanol–water partition coefficient (Wildman–Crippen LogP) is 2.70. The summed E-state index contributed by atoms with van der Waals surface area (Å²) in [7, 11) is -0.705. The lowest BCUT2D eigenvalue weighted by molar-refractivity contribution is 0.00578. The summed E-state index contributed by atoms with van der Waals surface area (Å²) in [6.07, 6.45) is 1.59. The largest absolute Gasteiger partial charge is 0.492 e. The van der Waals surface area contributed by atoms with Gasteiger partial charge in [0.2, 0.25) is 0 Å². The standard InChI is InChI=1S/C16H19BFNO3/c1-15(2)16(3,4)22-17(21-15)13(10-20)6-11-5-12(9-19)8-14(18)7-11/h5-8,20H,10H2,1-4H3. The van der Waals surface area contributed by atoms with Gasteiger partial charge in [-0.25, -0.2) is 4.39 Å². The van der Waals surface area contributed by atoms with Crippen LogP contribution in [-0.4, -0.2) is 30.0 Å². The van der Waals surface area contributed by atoms with Gasteiger partial charge < -0.3 is 14.4 Å². The van der Waals surface area contributed by atoms with Crippen molar-refractivity contribution in [1.29, 1.82) is 5.26 Å². The molecule has 1 aliphatic heterocycles. The average molecular weight is 303 g/mol. The van der Waals surface area contributed by atoms with E-state index in [-0.39, 0.29) is 12.2 Å². The third-order valence-corrected chi connectivity index (χ3v) is 4.14. The van der Waals surface area contributed by atoms with E-state index in [1.165, 1.54) is 6.07 Å². The second kappa shape index (κ2) is 5.84. The maximum Gasteiger partial charge on any atom is 0.492 e. The van der Waals surface area contributed by atoms with E-state index in [1.54, 1.807) is 12.1 Å². The van der Waals surface area contributed by atoms with E-state index < -0.39 is 24.1 Å². The third-order valence-electron chi connectivity index (χ3n) is 4.14. The van der Waals surface area contributed by atoms with Crippen molar-refractivity contribution < 1.29 is 18.8 Å². The van der Waals surface area contributed by atoms with Crippen LogP contribution >= 0.6 is 0 Å². The van der Waals surface area contributed by atoms with Gasteiger partial charge in [-0.05, 0) is 56.9 Å². The molecule has 0 atom stereocenters. The van der Waals surface area contributed by atoms with Gasteiger partial charge in [0.05, 0.1) is 29.4 Å². The molecule has 0 radical (unpaired) electrons. The number of nitrogens with zero attached hydrogens (tertiary/aromatic N) is 1. The molecule has 116 valence electrons. The van der Waals surface area contributed by atoms with Gasteiger partial charge in [0.15, 0.2) is 0 Å². The van der Waals surface area contributed by atoms with Crippen LogP contribution < -0.4 is 0 Å². The number of hydrogen-bond acceptors (Lipinski definition) is 4. The lowest BCUT2D eigenvalue weighted by Crippen LogP contribution is -2.41. The highest BCUT2D eigenvalue weighted by Gasteiger charge is 2.52. The van der Waals surface area contributed by atoms with Crippen LogP contribution in [0, 0.1) is 17.1 Å². The summed E-state index contributed by atoms with van der Waals surface area (Å²) in [5.41, 5.74) is 0.137. The van der Waals surface area contributed by atoms with Gasteiger partial charge in [-0.3, -0.25) is 0 Å². The number of rotatable bonds is 3. The molecule has 0 amide bonds. The number of hydrogen-bond donors (Lipinski definition) is 1. The second-order valence-corrected chi connectivity index (χ2v) is 6.35. The Bertz CT molecular complexity index is 633. The van der Waals surface area contributed by atoms with Crippen LogP contribution in [0.3, 0.4) is 0 Å². The summed E-state index contributed by atoms with van der Waals surface area (Å²) in [4.78, 5) is 0. The topological polar surface area (TPSA) is 62.5 Å². The van der Waals surface area contributed by atoms with Crippen molar-refractivity contribution in [2.75, 3.05) is 6.61 Å². The fourth-order valence-corrected chi connectivity index (χ4v) is 2.16. The van der Waals surface area contributed by atoms with Crippen molar-refractivity contribution in [2.45, 2.75) is 38.9 Å². The molecule has 1 aromatic carbocycles. The molecular formula is C16H19BFNO3. The highest BCUT2D eigenvalue weighted by atomic mass is 19.1. The first-order valence-corrected chi connectivity index (χ1v) is 7.06. The minimum atomic E-state index is -0.705. The lowest BCUT2D eigenvalue weighted by atomic mass is 9.77. The zero-order valence-corrected chi connectivity index (χ0v) is 13.2. The summed E-state index contributed by atoms with van der Waals surface area (Å²) in [5.74, 6) is -0.503. The zero-order valence-electron chi connectivity index (χ0n) is 13.2. The van der Waals surface area contributed by atoms with Gasteiger partial charge in [0.1, 0.15) is 5.82 Å². The first-order valence-electron chi connectivity index (χ1n) is 7.06. The molecule has 1 N–H and O–H groups in total. The summed E-state index contributed by atoms with van der Waals surface area (Å²) in [6.45, 7) is 7.38. The first-order chi connectivity index (χ1) is 10.2. The van der Waals surface area contributed by atoms with Crippen molar-refractivity contribution >= 4 is 13.2 Å². The van der Waals surface area contributed by atoms with Crippen LogP contribution in [0.4, 0.5) is 4.39 Å².